The van der Waals surface area contributed by atoms with E-state index in [1.807, 2.05) is 23.5 Å². The van der Waals surface area contributed by atoms with Crippen LogP contribution >= 0.6 is 47.0 Å². The predicted octanol–water partition coefficient (Wildman–Crippen LogP) is 12.1. The monoisotopic (exact) mass is 694 g/mol. The Bertz CT molecular complexity index is 939. The molecule has 0 spiro atoms. The summed E-state index contributed by atoms with van der Waals surface area (Å²) in [4.78, 5) is 2.66. The lowest BCUT2D eigenvalue weighted by atomic mass is 10.0. The maximum Gasteiger partial charge on any atom is 0.126 e. The standard InChI is InChI=1S/C38H62O3S4/c1-7-9-11-13-15-17-19-31-21-23-33(35(25-31)42-3)27-40-37(44-5)29-39-30-38(45-6)41-28-34-24-22-32(26-36(34)43-4)20-18-16-14-12-10-8-2/h21-26,37-38H,7-20,27-30H2,1-6H3. The van der Waals surface area contributed by atoms with Gasteiger partial charge in [0.2, 0.25) is 0 Å². The molecule has 0 radical (unpaired) electrons. The second-order valence-electron chi connectivity index (χ2n) is 11.8. The van der Waals surface area contributed by atoms with Crippen molar-refractivity contribution in [2.75, 3.05) is 38.2 Å². The van der Waals surface area contributed by atoms with E-state index in [1.54, 1.807) is 23.5 Å². The fraction of sp³-hybridized carbons (Fsp3) is 0.684. The van der Waals surface area contributed by atoms with E-state index in [1.165, 1.54) is 122 Å². The molecule has 256 valence electrons. The SMILES string of the molecule is CCCCCCCCc1ccc(COC(COCC(OCc2ccc(CCCCCCCC)cc2SC)SC)SC)c(SC)c1. The zero-order valence-electron chi connectivity index (χ0n) is 29.2. The van der Waals surface area contributed by atoms with Gasteiger partial charge in [-0.1, -0.05) is 102 Å². The highest BCUT2D eigenvalue weighted by atomic mass is 32.2. The average molecular weight is 695 g/mol. The van der Waals surface area contributed by atoms with Crippen molar-refractivity contribution in [1.29, 1.82) is 0 Å². The Kier molecular flexibility index (Phi) is 24.2. The van der Waals surface area contributed by atoms with Crippen molar-refractivity contribution in [2.24, 2.45) is 0 Å². The smallest absolute Gasteiger partial charge is 0.126 e. The van der Waals surface area contributed by atoms with Crippen LogP contribution in [0.1, 0.15) is 113 Å². The lowest BCUT2D eigenvalue weighted by Gasteiger charge is -2.20. The van der Waals surface area contributed by atoms with Crippen LogP contribution in [0.5, 0.6) is 0 Å². The number of benzene rings is 2. The molecule has 3 nitrogen and oxygen atoms in total. The first-order chi connectivity index (χ1) is 22.1. The van der Waals surface area contributed by atoms with Crippen LogP contribution in [0.15, 0.2) is 46.2 Å². The molecule has 0 aliphatic rings. The van der Waals surface area contributed by atoms with Crippen molar-refractivity contribution in [2.45, 2.75) is 138 Å². The van der Waals surface area contributed by atoms with E-state index in [-0.39, 0.29) is 10.9 Å². The van der Waals surface area contributed by atoms with Gasteiger partial charge in [0.25, 0.3) is 0 Å². The van der Waals surface area contributed by atoms with Gasteiger partial charge < -0.3 is 14.2 Å². The third kappa shape index (κ3) is 17.6. The lowest BCUT2D eigenvalue weighted by molar-refractivity contribution is -0.0154. The molecule has 2 rings (SSSR count). The quantitative estimate of drug-likeness (QED) is 0.0497. The predicted molar refractivity (Wildman–Crippen MR) is 206 cm³/mol. The molecule has 0 aromatic heterocycles. The van der Waals surface area contributed by atoms with Crippen LogP contribution in [-0.2, 0) is 40.3 Å². The van der Waals surface area contributed by atoms with Crippen LogP contribution < -0.4 is 0 Å². The number of thioether (sulfide) groups is 4. The van der Waals surface area contributed by atoms with Gasteiger partial charge in [0.1, 0.15) is 10.9 Å². The topological polar surface area (TPSA) is 27.7 Å². The third-order valence-corrected chi connectivity index (χ3v) is 11.5. The molecule has 7 heteroatoms. The van der Waals surface area contributed by atoms with Crippen LogP contribution in [0.3, 0.4) is 0 Å². The Morgan fingerprint density at radius 1 is 0.533 bits per heavy atom. The van der Waals surface area contributed by atoms with Crippen LogP contribution in [0.2, 0.25) is 0 Å². The first-order valence-corrected chi connectivity index (χ1v) is 22.3. The van der Waals surface area contributed by atoms with Crippen molar-refractivity contribution < 1.29 is 14.2 Å². The van der Waals surface area contributed by atoms with Gasteiger partial charge >= 0.3 is 0 Å². The Balaban J connectivity index is 1.74. The van der Waals surface area contributed by atoms with Gasteiger partial charge in [-0.15, -0.1) is 47.0 Å². The van der Waals surface area contributed by atoms with Gasteiger partial charge in [-0.05, 0) is 85.1 Å². The molecule has 2 aromatic rings. The molecule has 45 heavy (non-hydrogen) atoms. The maximum absolute atomic E-state index is 6.31. The molecule has 0 N–H and O–H groups in total. The number of aryl methyl sites for hydroxylation is 2. The maximum atomic E-state index is 6.31. The average Bonchev–Trinajstić information content (AvgIpc) is 3.07. The number of unbranched alkanes of at least 4 members (excludes halogenated alkanes) is 10. The van der Waals surface area contributed by atoms with E-state index in [2.05, 4.69) is 75.3 Å². The normalized spacial score (nSPS) is 12.9. The van der Waals surface area contributed by atoms with E-state index in [9.17, 15) is 0 Å². The van der Waals surface area contributed by atoms with Crippen molar-refractivity contribution >= 4 is 47.0 Å². The Labute approximate surface area is 294 Å². The molecular weight excluding hydrogens is 633 g/mol. The molecule has 0 amide bonds. The van der Waals surface area contributed by atoms with Crippen molar-refractivity contribution in [3.8, 4) is 0 Å². The fourth-order valence-corrected chi connectivity index (χ4v) is 7.53. The van der Waals surface area contributed by atoms with Gasteiger partial charge in [-0.2, -0.15) is 0 Å². The molecule has 0 aliphatic heterocycles. The second-order valence-corrected chi connectivity index (χ2v) is 15.5. The summed E-state index contributed by atoms with van der Waals surface area (Å²) in [6, 6.07) is 13.8. The summed E-state index contributed by atoms with van der Waals surface area (Å²) in [5.74, 6) is 0. The lowest BCUT2D eigenvalue weighted by Crippen LogP contribution is -2.22. The number of rotatable bonds is 28. The third-order valence-electron chi connectivity index (χ3n) is 8.22. The second kappa shape index (κ2) is 26.6. The van der Waals surface area contributed by atoms with Crippen LogP contribution in [0.4, 0.5) is 0 Å². The highest BCUT2D eigenvalue weighted by Gasteiger charge is 2.14. The molecule has 0 saturated carbocycles. The van der Waals surface area contributed by atoms with Crippen molar-refractivity contribution in [1.82, 2.24) is 0 Å². The highest BCUT2D eigenvalue weighted by molar-refractivity contribution is 7.99. The summed E-state index contributed by atoms with van der Waals surface area (Å²) in [5.41, 5.74) is 5.40. The molecular formula is C38H62O3S4. The largest absolute Gasteiger partial charge is 0.374 e. The molecule has 0 aliphatic carbocycles. The molecule has 2 aromatic carbocycles. The van der Waals surface area contributed by atoms with Gasteiger partial charge in [0.05, 0.1) is 26.4 Å². The van der Waals surface area contributed by atoms with Gasteiger partial charge in [0, 0.05) is 9.79 Å². The molecule has 0 bridgehead atoms. The van der Waals surface area contributed by atoms with Crippen LogP contribution in [0.25, 0.3) is 0 Å². The molecule has 0 fully saturated rings. The zero-order valence-corrected chi connectivity index (χ0v) is 32.5. The Morgan fingerprint density at radius 3 is 1.31 bits per heavy atom. The minimum Gasteiger partial charge on any atom is -0.374 e. The summed E-state index contributed by atoms with van der Waals surface area (Å²) in [7, 11) is 0. The molecule has 0 heterocycles. The highest BCUT2D eigenvalue weighted by Crippen LogP contribution is 2.27. The van der Waals surface area contributed by atoms with Crippen molar-refractivity contribution in [3.63, 3.8) is 0 Å². The summed E-state index contributed by atoms with van der Waals surface area (Å²) in [5, 5.41) is 0. The number of ether oxygens (including phenoxy) is 3. The minimum absolute atomic E-state index is 0.00714. The summed E-state index contributed by atoms with van der Waals surface area (Å²) in [6.07, 6.45) is 26.9. The van der Waals surface area contributed by atoms with E-state index in [0.717, 1.165) is 0 Å². The fourth-order valence-electron chi connectivity index (χ4n) is 5.34. The van der Waals surface area contributed by atoms with Crippen LogP contribution in [-0.4, -0.2) is 49.1 Å². The number of hydrogen-bond acceptors (Lipinski definition) is 7. The van der Waals surface area contributed by atoms with Crippen LogP contribution in [0, 0.1) is 0 Å². The first kappa shape index (κ1) is 40.9. The van der Waals surface area contributed by atoms with E-state index < -0.39 is 0 Å². The molecule has 0 saturated heterocycles. The summed E-state index contributed by atoms with van der Waals surface area (Å²) >= 11 is 7.05. The Hall–Kier alpha value is -0.280. The van der Waals surface area contributed by atoms with E-state index in [0.29, 0.717) is 26.4 Å². The Morgan fingerprint density at radius 2 is 0.933 bits per heavy atom. The van der Waals surface area contributed by atoms with Gasteiger partial charge in [-0.3, -0.25) is 0 Å². The number of hydrogen-bond donors (Lipinski definition) is 0. The van der Waals surface area contributed by atoms with E-state index in [4.69, 9.17) is 14.2 Å². The summed E-state index contributed by atoms with van der Waals surface area (Å²) in [6.45, 7) is 6.87. The summed E-state index contributed by atoms with van der Waals surface area (Å²) < 4.78 is 18.7. The molecule has 2 atom stereocenters. The first-order valence-electron chi connectivity index (χ1n) is 17.3. The van der Waals surface area contributed by atoms with Crippen molar-refractivity contribution in [3.05, 3.63) is 58.7 Å². The van der Waals surface area contributed by atoms with Gasteiger partial charge in [0.15, 0.2) is 0 Å². The van der Waals surface area contributed by atoms with Gasteiger partial charge in [-0.25, -0.2) is 0 Å². The molecule has 2 unspecified atom stereocenters. The van der Waals surface area contributed by atoms with E-state index >= 15 is 0 Å². The minimum atomic E-state index is -0.00714. The zero-order chi connectivity index (χ0) is 32.5.